The molecule has 3 N–H and O–H groups in total. The van der Waals surface area contributed by atoms with E-state index in [-0.39, 0.29) is 12.0 Å². The zero-order valence-corrected chi connectivity index (χ0v) is 11.3. The Morgan fingerprint density at radius 1 is 1.47 bits per heavy atom. The molecule has 5 heteroatoms. The van der Waals surface area contributed by atoms with Gasteiger partial charge in [-0.15, -0.1) is 0 Å². The Bertz CT molecular complexity index is 458. The van der Waals surface area contributed by atoms with Gasteiger partial charge in [-0.1, -0.05) is 6.07 Å². The summed E-state index contributed by atoms with van der Waals surface area (Å²) >= 11 is 0. The predicted octanol–water partition coefficient (Wildman–Crippen LogP) is 1.07. The summed E-state index contributed by atoms with van der Waals surface area (Å²) in [5.74, 6) is 1.37. The highest BCUT2D eigenvalue weighted by atomic mass is 16.5. The van der Waals surface area contributed by atoms with Crippen molar-refractivity contribution in [2.75, 3.05) is 13.7 Å². The molecule has 2 rings (SSSR count). The highest BCUT2D eigenvalue weighted by molar-refractivity contribution is 5.88. The van der Waals surface area contributed by atoms with Crippen LogP contribution >= 0.6 is 0 Å². The molecule has 0 aromatic heterocycles. The molecule has 1 unspecified atom stereocenters. The normalized spacial score (nSPS) is 17.4. The van der Waals surface area contributed by atoms with Crippen LogP contribution in [0.5, 0.6) is 11.5 Å². The SMILES string of the molecule is COc1cccc(OC(C)CNC(=O)C2(N)CC2)c1. The van der Waals surface area contributed by atoms with Crippen molar-refractivity contribution in [1.29, 1.82) is 0 Å². The van der Waals surface area contributed by atoms with Gasteiger partial charge in [-0.05, 0) is 31.9 Å². The third-order valence-corrected chi connectivity index (χ3v) is 3.17. The lowest BCUT2D eigenvalue weighted by Gasteiger charge is -2.17. The fourth-order valence-corrected chi connectivity index (χ4v) is 1.72. The van der Waals surface area contributed by atoms with Crippen molar-refractivity contribution >= 4 is 5.91 Å². The number of carbonyl (C=O) groups is 1. The molecule has 1 aromatic carbocycles. The van der Waals surface area contributed by atoms with Crippen LogP contribution < -0.4 is 20.5 Å². The summed E-state index contributed by atoms with van der Waals surface area (Å²) in [6, 6.07) is 7.37. The molecule has 1 saturated carbocycles. The highest BCUT2D eigenvalue weighted by Crippen LogP contribution is 2.32. The minimum absolute atomic E-state index is 0.0893. The van der Waals surface area contributed by atoms with Gasteiger partial charge in [0.15, 0.2) is 0 Å². The molecular formula is C14H20N2O3. The Morgan fingerprint density at radius 2 is 2.16 bits per heavy atom. The summed E-state index contributed by atoms with van der Waals surface area (Å²) in [7, 11) is 1.61. The summed E-state index contributed by atoms with van der Waals surface area (Å²) in [5.41, 5.74) is 5.17. The molecule has 0 bridgehead atoms. The van der Waals surface area contributed by atoms with Crippen molar-refractivity contribution in [1.82, 2.24) is 5.32 Å². The van der Waals surface area contributed by atoms with Crippen LogP contribution in [0.25, 0.3) is 0 Å². The Labute approximate surface area is 113 Å². The van der Waals surface area contributed by atoms with Gasteiger partial charge in [-0.25, -0.2) is 0 Å². The number of hydrogen-bond donors (Lipinski definition) is 2. The first-order valence-electron chi connectivity index (χ1n) is 6.41. The van der Waals surface area contributed by atoms with Crippen LogP contribution in [0.4, 0.5) is 0 Å². The van der Waals surface area contributed by atoms with Crippen LogP contribution in [0, 0.1) is 0 Å². The Morgan fingerprint density at radius 3 is 2.79 bits per heavy atom. The summed E-state index contributed by atoms with van der Waals surface area (Å²) in [5, 5.41) is 2.81. The molecule has 104 valence electrons. The average molecular weight is 264 g/mol. The third-order valence-electron chi connectivity index (χ3n) is 3.17. The lowest BCUT2D eigenvalue weighted by molar-refractivity contribution is -0.123. The van der Waals surface area contributed by atoms with E-state index in [0.717, 1.165) is 24.3 Å². The molecule has 0 saturated heterocycles. The van der Waals surface area contributed by atoms with Gasteiger partial charge in [0, 0.05) is 6.07 Å². The fourth-order valence-electron chi connectivity index (χ4n) is 1.72. The van der Waals surface area contributed by atoms with E-state index in [9.17, 15) is 4.79 Å². The topological polar surface area (TPSA) is 73.6 Å². The molecule has 1 amide bonds. The molecule has 1 aromatic rings. The second-order valence-electron chi connectivity index (χ2n) is 4.97. The number of carbonyl (C=O) groups excluding carboxylic acids is 1. The van der Waals surface area contributed by atoms with Crippen molar-refractivity contribution in [2.24, 2.45) is 5.73 Å². The quantitative estimate of drug-likeness (QED) is 0.806. The first kappa shape index (κ1) is 13.7. The number of ether oxygens (including phenoxy) is 2. The summed E-state index contributed by atoms with van der Waals surface area (Å²) in [6.07, 6.45) is 1.41. The first-order chi connectivity index (χ1) is 9.03. The van der Waals surface area contributed by atoms with E-state index in [1.807, 2.05) is 31.2 Å². The molecule has 1 aliphatic rings. The summed E-state index contributed by atoms with van der Waals surface area (Å²) < 4.78 is 10.8. The monoisotopic (exact) mass is 264 g/mol. The minimum Gasteiger partial charge on any atom is -0.497 e. The van der Waals surface area contributed by atoms with Gasteiger partial charge in [0.2, 0.25) is 5.91 Å². The molecule has 1 fully saturated rings. The van der Waals surface area contributed by atoms with Gasteiger partial charge in [0.1, 0.15) is 17.6 Å². The number of nitrogens with one attached hydrogen (secondary N) is 1. The number of methoxy groups -OCH3 is 1. The van der Waals surface area contributed by atoms with E-state index in [1.54, 1.807) is 7.11 Å². The van der Waals surface area contributed by atoms with Crippen LogP contribution in [-0.2, 0) is 4.79 Å². The smallest absolute Gasteiger partial charge is 0.240 e. The molecule has 1 aliphatic carbocycles. The van der Waals surface area contributed by atoms with E-state index >= 15 is 0 Å². The lowest BCUT2D eigenvalue weighted by Crippen LogP contribution is -2.45. The summed E-state index contributed by atoms with van der Waals surface area (Å²) in [4.78, 5) is 11.7. The van der Waals surface area contributed by atoms with Gasteiger partial charge in [0.25, 0.3) is 0 Å². The fraction of sp³-hybridized carbons (Fsp3) is 0.500. The number of rotatable bonds is 6. The largest absolute Gasteiger partial charge is 0.497 e. The van der Waals surface area contributed by atoms with Gasteiger partial charge < -0.3 is 20.5 Å². The Hall–Kier alpha value is -1.75. The molecule has 0 aliphatic heterocycles. The number of amides is 1. The Balaban J connectivity index is 1.80. The molecule has 1 atom stereocenters. The summed E-state index contributed by atoms with van der Waals surface area (Å²) in [6.45, 7) is 2.34. The van der Waals surface area contributed by atoms with E-state index in [0.29, 0.717) is 6.54 Å². The molecule has 0 radical (unpaired) electrons. The van der Waals surface area contributed by atoms with Crippen molar-refractivity contribution in [3.05, 3.63) is 24.3 Å². The van der Waals surface area contributed by atoms with Crippen LogP contribution in [0.2, 0.25) is 0 Å². The van der Waals surface area contributed by atoms with E-state index in [1.165, 1.54) is 0 Å². The zero-order chi connectivity index (χ0) is 13.9. The van der Waals surface area contributed by atoms with E-state index in [2.05, 4.69) is 5.32 Å². The lowest BCUT2D eigenvalue weighted by atomic mass is 10.2. The van der Waals surface area contributed by atoms with Crippen molar-refractivity contribution in [2.45, 2.75) is 31.4 Å². The molecule has 19 heavy (non-hydrogen) atoms. The number of hydrogen-bond acceptors (Lipinski definition) is 4. The number of nitrogens with two attached hydrogens (primary N) is 1. The maximum atomic E-state index is 11.7. The van der Waals surface area contributed by atoms with Crippen LogP contribution in [0.1, 0.15) is 19.8 Å². The second kappa shape index (κ2) is 5.48. The van der Waals surface area contributed by atoms with Crippen molar-refractivity contribution < 1.29 is 14.3 Å². The van der Waals surface area contributed by atoms with Gasteiger partial charge in [-0.3, -0.25) is 4.79 Å². The van der Waals surface area contributed by atoms with E-state index in [4.69, 9.17) is 15.2 Å². The maximum Gasteiger partial charge on any atom is 0.240 e. The molecule has 0 heterocycles. The minimum atomic E-state index is -0.629. The van der Waals surface area contributed by atoms with Crippen LogP contribution in [0.15, 0.2) is 24.3 Å². The number of benzene rings is 1. The zero-order valence-electron chi connectivity index (χ0n) is 11.3. The van der Waals surface area contributed by atoms with Gasteiger partial charge >= 0.3 is 0 Å². The van der Waals surface area contributed by atoms with Crippen LogP contribution in [-0.4, -0.2) is 31.2 Å². The van der Waals surface area contributed by atoms with Gasteiger partial charge in [-0.2, -0.15) is 0 Å². The standard InChI is InChI=1S/C14H20N2O3/c1-10(9-16-13(17)14(15)6-7-14)19-12-5-3-4-11(8-12)18-2/h3-5,8,10H,6-7,9,15H2,1-2H3,(H,16,17). The van der Waals surface area contributed by atoms with E-state index < -0.39 is 5.54 Å². The van der Waals surface area contributed by atoms with Crippen LogP contribution in [0.3, 0.4) is 0 Å². The average Bonchev–Trinajstić information content (AvgIpc) is 3.15. The first-order valence-corrected chi connectivity index (χ1v) is 6.41. The predicted molar refractivity (Wildman–Crippen MR) is 72.2 cm³/mol. The van der Waals surface area contributed by atoms with Gasteiger partial charge in [0.05, 0.1) is 19.2 Å². The second-order valence-corrected chi connectivity index (χ2v) is 4.97. The highest BCUT2D eigenvalue weighted by Gasteiger charge is 2.45. The third kappa shape index (κ3) is 3.61. The van der Waals surface area contributed by atoms with Crippen molar-refractivity contribution in [3.63, 3.8) is 0 Å². The molecule has 0 spiro atoms. The maximum absolute atomic E-state index is 11.7. The molecule has 5 nitrogen and oxygen atoms in total. The van der Waals surface area contributed by atoms with Crippen molar-refractivity contribution in [3.8, 4) is 11.5 Å². The molecular weight excluding hydrogens is 244 g/mol. The Kier molecular flexibility index (Phi) is 3.95.